The molecule has 0 fully saturated rings. The van der Waals surface area contributed by atoms with Gasteiger partial charge in [0.05, 0.1) is 0 Å². The van der Waals surface area contributed by atoms with Gasteiger partial charge in [0.15, 0.2) is 0 Å². The molecule has 0 saturated heterocycles. The van der Waals surface area contributed by atoms with Crippen molar-refractivity contribution >= 4 is 0 Å². The molecule has 11 heteroatoms. The van der Waals surface area contributed by atoms with E-state index in [2.05, 4.69) is 6.92 Å². The summed E-state index contributed by atoms with van der Waals surface area (Å²) in [5, 5.41) is 0. The van der Waals surface area contributed by atoms with Gasteiger partial charge in [-0.25, -0.2) is 0 Å². The zero-order chi connectivity index (χ0) is 47.0. The number of methoxy groups -OCH3 is 9. The van der Waals surface area contributed by atoms with E-state index >= 15 is 0 Å². The first kappa shape index (κ1) is 62.6. The highest BCUT2D eigenvalue weighted by molar-refractivity contribution is 5.00. The second-order valence-electron chi connectivity index (χ2n) is 18.9. The molecular formula is C52H108N2O9. The smallest absolute Gasteiger partial charge is 0.282 e. The van der Waals surface area contributed by atoms with Crippen LogP contribution in [-0.2, 0) is 42.6 Å². The molecule has 0 aliphatic carbocycles. The Morgan fingerprint density at radius 3 is 0.587 bits per heavy atom. The lowest BCUT2D eigenvalue weighted by Gasteiger charge is -2.47. The Kier molecular flexibility index (Phi) is 39.3. The predicted molar refractivity (Wildman–Crippen MR) is 262 cm³/mol. The molecule has 1 atom stereocenters. The Bertz CT molecular complexity index is 907. The quantitative estimate of drug-likeness (QED) is 0.0446. The summed E-state index contributed by atoms with van der Waals surface area (Å²) in [6, 6.07) is 0. The average Bonchev–Trinajstić information content (AvgIpc) is 3.31. The van der Waals surface area contributed by atoms with Crippen LogP contribution < -0.4 is 11.5 Å². The summed E-state index contributed by atoms with van der Waals surface area (Å²) in [4.78, 5) is 0. The van der Waals surface area contributed by atoms with E-state index < -0.39 is 17.9 Å². The van der Waals surface area contributed by atoms with Crippen LogP contribution in [0.3, 0.4) is 0 Å². The first-order chi connectivity index (χ1) is 30.5. The Balaban J connectivity index is 4.72. The van der Waals surface area contributed by atoms with Gasteiger partial charge in [0.2, 0.25) is 0 Å². The second kappa shape index (κ2) is 39.5. The van der Waals surface area contributed by atoms with E-state index in [4.69, 9.17) is 54.1 Å². The third-order valence-electron chi connectivity index (χ3n) is 14.6. The fourth-order valence-corrected chi connectivity index (χ4v) is 9.75. The molecule has 1 unspecified atom stereocenters. The highest BCUT2D eigenvalue weighted by atomic mass is 16.9. The van der Waals surface area contributed by atoms with Gasteiger partial charge >= 0.3 is 0 Å². The molecule has 0 spiro atoms. The van der Waals surface area contributed by atoms with Gasteiger partial charge in [-0.2, -0.15) is 0 Å². The molecule has 0 aliphatic heterocycles. The number of rotatable bonds is 50. The molecule has 63 heavy (non-hydrogen) atoms. The van der Waals surface area contributed by atoms with Crippen molar-refractivity contribution in [3.8, 4) is 0 Å². The summed E-state index contributed by atoms with van der Waals surface area (Å²) in [5.41, 5.74) is 13.9. The molecule has 0 saturated carbocycles. The van der Waals surface area contributed by atoms with Crippen LogP contribution in [0.2, 0.25) is 0 Å². The van der Waals surface area contributed by atoms with E-state index in [9.17, 15) is 0 Å². The molecule has 0 aromatic rings. The summed E-state index contributed by atoms with van der Waals surface area (Å²) >= 11 is 0. The van der Waals surface area contributed by atoms with E-state index in [-0.39, 0.29) is 11.0 Å². The number of hydrogen-bond acceptors (Lipinski definition) is 11. The fourth-order valence-electron chi connectivity index (χ4n) is 9.75. The lowest BCUT2D eigenvalue weighted by molar-refractivity contribution is -0.355. The number of nitrogens with two attached hydrogens (primary N) is 2. The van der Waals surface area contributed by atoms with Crippen molar-refractivity contribution in [2.24, 2.45) is 16.9 Å². The monoisotopic (exact) mass is 905 g/mol. The SMILES string of the molecule is COC(CCCCCCCCCCCCC(C)(N)C(CN)(CCCCCCCCCCCCC(OC)(OC)OC)CCCCCCCCCCCCC(OC)(OC)OC)(OC)OC. The topological polar surface area (TPSA) is 135 Å². The van der Waals surface area contributed by atoms with Crippen molar-refractivity contribution in [3.63, 3.8) is 0 Å². The van der Waals surface area contributed by atoms with Gasteiger partial charge in [-0.05, 0) is 52.0 Å². The lowest BCUT2D eigenvalue weighted by Crippen LogP contribution is -2.57. The maximum absolute atomic E-state index is 7.39. The van der Waals surface area contributed by atoms with Crippen molar-refractivity contribution in [1.82, 2.24) is 0 Å². The molecular weight excluding hydrogens is 797 g/mol. The minimum atomic E-state index is -0.892. The van der Waals surface area contributed by atoms with Crippen LogP contribution in [0.4, 0.5) is 0 Å². The van der Waals surface area contributed by atoms with Crippen LogP contribution in [0, 0.1) is 5.41 Å². The van der Waals surface area contributed by atoms with E-state index in [0.717, 1.165) is 57.8 Å². The molecule has 0 radical (unpaired) electrons. The van der Waals surface area contributed by atoms with Crippen molar-refractivity contribution < 1.29 is 42.6 Å². The normalized spacial score (nSPS) is 13.9. The second-order valence-corrected chi connectivity index (χ2v) is 18.9. The molecule has 0 bridgehead atoms. The molecule has 0 rings (SSSR count). The molecule has 11 nitrogen and oxygen atoms in total. The van der Waals surface area contributed by atoms with Crippen LogP contribution in [0.15, 0.2) is 0 Å². The molecule has 0 heterocycles. The zero-order valence-corrected chi connectivity index (χ0v) is 43.5. The van der Waals surface area contributed by atoms with E-state index in [0.29, 0.717) is 6.54 Å². The number of ether oxygens (including phenoxy) is 9. The van der Waals surface area contributed by atoms with Gasteiger partial charge in [-0.15, -0.1) is 0 Å². The third kappa shape index (κ3) is 27.2. The largest absolute Gasteiger partial charge is 0.331 e. The van der Waals surface area contributed by atoms with E-state index in [1.165, 1.54) is 173 Å². The predicted octanol–water partition coefficient (Wildman–Crippen LogP) is 13.5. The highest BCUT2D eigenvalue weighted by Gasteiger charge is 2.43. The standard InChI is InChI=1S/C52H108N2O9/c1-48(54,41-35-29-23-17-11-14-20-26-32-38-44-50(55-2,56-3)57-4)49(47-53,42-36-30-24-18-12-15-21-27-33-39-45-51(58-5,59-6)60-7)43-37-31-25-19-13-16-22-28-34-40-46-52(61-8,62-9)63-10/h11-47,53-54H2,1-10H3. The fraction of sp³-hybridized carbons (Fsp3) is 1.00. The summed E-state index contributed by atoms with van der Waals surface area (Å²) in [6.45, 7) is 3.04. The Labute approximate surface area is 390 Å². The molecule has 0 aromatic carbocycles. The lowest BCUT2D eigenvalue weighted by atomic mass is 9.63. The van der Waals surface area contributed by atoms with Crippen LogP contribution >= 0.6 is 0 Å². The highest BCUT2D eigenvalue weighted by Crippen LogP contribution is 2.42. The van der Waals surface area contributed by atoms with E-state index in [1.807, 2.05) is 0 Å². The minimum absolute atomic E-state index is 0.0144. The van der Waals surface area contributed by atoms with Crippen molar-refractivity contribution in [1.29, 1.82) is 0 Å². The van der Waals surface area contributed by atoms with Gasteiger partial charge in [-0.3, -0.25) is 0 Å². The minimum Gasteiger partial charge on any atom is -0.331 e. The molecule has 0 aromatic heterocycles. The van der Waals surface area contributed by atoms with E-state index in [1.54, 1.807) is 64.0 Å². The van der Waals surface area contributed by atoms with Crippen LogP contribution in [0.1, 0.15) is 238 Å². The van der Waals surface area contributed by atoms with Gasteiger partial charge in [-0.1, -0.05) is 173 Å². The Morgan fingerprint density at radius 2 is 0.413 bits per heavy atom. The Hall–Kier alpha value is -0.440. The summed E-state index contributed by atoms with van der Waals surface area (Å²) in [7, 11) is 14.8. The molecule has 0 aliphatic rings. The van der Waals surface area contributed by atoms with Crippen LogP contribution in [0.25, 0.3) is 0 Å². The maximum atomic E-state index is 7.39. The first-order valence-corrected chi connectivity index (χ1v) is 25.9. The van der Waals surface area contributed by atoms with Crippen LogP contribution in [-0.4, -0.2) is 94.0 Å². The molecule has 380 valence electrons. The van der Waals surface area contributed by atoms with Crippen molar-refractivity contribution in [2.45, 2.75) is 262 Å². The average molecular weight is 905 g/mol. The van der Waals surface area contributed by atoms with Gasteiger partial charge in [0, 0.05) is 94.2 Å². The first-order valence-electron chi connectivity index (χ1n) is 25.9. The zero-order valence-electron chi connectivity index (χ0n) is 43.5. The van der Waals surface area contributed by atoms with Gasteiger partial charge < -0.3 is 54.1 Å². The molecule has 4 N–H and O–H groups in total. The third-order valence-corrected chi connectivity index (χ3v) is 14.6. The van der Waals surface area contributed by atoms with Gasteiger partial charge in [0.1, 0.15) is 0 Å². The summed E-state index contributed by atoms with van der Waals surface area (Å²) in [6.07, 6.45) is 43.3. The molecule has 0 amide bonds. The number of unbranched alkanes of at least 4 members (excludes halogenated alkanes) is 27. The summed E-state index contributed by atoms with van der Waals surface area (Å²) < 4.78 is 48.8. The van der Waals surface area contributed by atoms with Crippen molar-refractivity contribution in [2.75, 3.05) is 70.5 Å². The van der Waals surface area contributed by atoms with Crippen LogP contribution in [0.5, 0.6) is 0 Å². The number of hydrogen-bond donors (Lipinski definition) is 2. The Morgan fingerprint density at radius 1 is 0.254 bits per heavy atom. The summed E-state index contributed by atoms with van der Waals surface area (Å²) in [5.74, 6) is -2.68. The van der Waals surface area contributed by atoms with Gasteiger partial charge in [0.25, 0.3) is 17.9 Å². The maximum Gasteiger partial charge on any atom is 0.282 e. The van der Waals surface area contributed by atoms with Crippen molar-refractivity contribution in [3.05, 3.63) is 0 Å².